The molecule has 1 unspecified atom stereocenters. The van der Waals surface area contributed by atoms with E-state index in [0.717, 1.165) is 23.6 Å². The van der Waals surface area contributed by atoms with Gasteiger partial charge in [-0.25, -0.2) is 0 Å². The van der Waals surface area contributed by atoms with Crippen molar-refractivity contribution in [3.05, 3.63) is 29.3 Å². The molecule has 1 aromatic rings. The Kier molecular flexibility index (Phi) is 5.64. The lowest BCUT2D eigenvalue weighted by molar-refractivity contribution is -0.116. The number of rotatable bonds is 4. The second-order valence-corrected chi connectivity index (χ2v) is 6.26. The summed E-state index contributed by atoms with van der Waals surface area (Å²) >= 11 is 1.86. The number of anilines is 1. The van der Waals surface area contributed by atoms with E-state index in [9.17, 15) is 9.59 Å². The average molecular weight is 307 g/mol. The molecule has 6 heteroatoms. The van der Waals surface area contributed by atoms with E-state index in [-0.39, 0.29) is 17.9 Å². The van der Waals surface area contributed by atoms with E-state index in [4.69, 9.17) is 0 Å². The van der Waals surface area contributed by atoms with Gasteiger partial charge >= 0.3 is 0 Å². The molecule has 21 heavy (non-hydrogen) atoms. The summed E-state index contributed by atoms with van der Waals surface area (Å²) < 4.78 is 0. The van der Waals surface area contributed by atoms with E-state index in [2.05, 4.69) is 16.0 Å². The number of amides is 2. The van der Waals surface area contributed by atoms with E-state index in [0.29, 0.717) is 17.7 Å². The van der Waals surface area contributed by atoms with Crippen LogP contribution in [0.5, 0.6) is 0 Å². The van der Waals surface area contributed by atoms with Crippen molar-refractivity contribution in [2.24, 2.45) is 0 Å². The van der Waals surface area contributed by atoms with E-state index in [1.54, 1.807) is 19.2 Å². The Balaban J connectivity index is 2.04. The van der Waals surface area contributed by atoms with Gasteiger partial charge in [-0.1, -0.05) is 11.6 Å². The molecule has 2 amide bonds. The first-order chi connectivity index (χ1) is 10.1. The fourth-order valence-corrected chi connectivity index (χ4v) is 3.21. The van der Waals surface area contributed by atoms with E-state index in [1.807, 2.05) is 24.8 Å². The lowest BCUT2D eigenvalue weighted by Crippen LogP contribution is -2.40. The summed E-state index contributed by atoms with van der Waals surface area (Å²) in [6.45, 7) is 2.86. The quantitative estimate of drug-likeness (QED) is 0.786. The Hall–Kier alpha value is -1.53. The van der Waals surface area contributed by atoms with Gasteiger partial charge in [0.1, 0.15) is 0 Å². The molecular formula is C15H21N3O2S. The Morgan fingerprint density at radius 3 is 2.90 bits per heavy atom. The molecule has 0 radical (unpaired) electrons. The number of aryl methyl sites for hydroxylation is 1. The third-order valence-electron chi connectivity index (χ3n) is 3.35. The van der Waals surface area contributed by atoms with E-state index in [1.165, 1.54) is 0 Å². The molecule has 1 atom stereocenters. The molecule has 1 aromatic carbocycles. The fraction of sp³-hybridized carbons (Fsp3) is 0.467. The minimum atomic E-state index is -0.194. The highest BCUT2D eigenvalue weighted by molar-refractivity contribution is 7.99. The minimum Gasteiger partial charge on any atom is -0.355 e. The zero-order valence-electron chi connectivity index (χ0n) is 12.4. The normalized spacial score (nSPS) is 18.1. The molecule has 1 aliphatic heterocycles. The fourth-order valence-electron chi connectivity index (χ4n) is 2.27. The van der Waals surface area contributed by atoms with Crippen LogP contribution >= 0.6 is 11.8 Å². The topological polar surface area (TPSA) is 70.2 Å². The first kappa shape index (κ1) is 15.9. The molecule has 0 bridgehead atoms. The molecular weight excluding hydrogens is 286 g/mol. The zero-order chi connectivity index (χ0) is 15.2. The highest BCUT2D eigenvalue weighted by atomic mass is 32.2. The molecule has 5 nitrogen and oxygen atoms in total. The number of benzene rings is 1. The average Bonchev–Trinajstić information content (AvgIpc) is 2.49. The Morgan fingerprint density at radius 1 is 1.43 bits per heavy atom. The van der Waals surface area contributed by atoms with Crippen molar-refractivity contribution < 1.29 is 9.59 Å². The van der Waals surface area contributed by atoms with Crippen molar-refractivity contribution in [2.45, 2.75) is 19.4 Å². The second-order valence-electron chi connectivity index (χ2n) is 5.11. The van der Waals surface area contributed by atoms with Crippen LogP contribution in [-0.2, 0) is 4.79 Å². The molecule has 3 N–H and O–H groups in total. The standard InChI is InChI=1S/C15H21N3O2S/c1-10-3-4-13(12(7-10)15(20)16-2)18-14(19)8-11-9-21-6-5-17-11/h3-4,7,11,17H,5-6,8-9H2,1-2H3,(H,16,20)(H,18,19). The van der Waals surface area contributed by atoms with Gasteiger partial charge in [0.05, 0.1) is 11.3 Å². The van der Waals surface area contributed by atoms with Crippen molar-refractivity contribution >= 4 is 29.3 Å². The van der Waals surface area contributed by atoms with Gasteiger partial charge in [-0.2, -0.15) is 11.8 Å². The third-order valence-corrected chi connectivity index (χ3v) is 4.48. The van der Waals surface area contributed by atoms with Crippen LogP contribution in [0, 0.1) is 6.92 Å². The number of hydrogen-bond acceptors (Lipinski definition) is 4. The molecule has 114 valence electrons. The summed E-state index contributed by atoms with van der Waals surface area (Å²) in [7, 11) is 1.58. The molecule has 1 heterocycles. The summed E-state index contributed by atoms with van der Waals surface area (Å²) in [6.07, 6.45) is 0.425. The molecule has 1 aliphatic rings. The highest BCUT2D eigenvalue weighted by Gasteiger charge is 2.18. The summed E-state index contributed by atoms with van der Waals surface area (Å²) in [5, 5.41) is 8.78. The van der Waals surface area contributed by atoms with Gasteiger partial charge in [-0.3, -0.25) is 9.59 Å². The van der Waals surface area contributed by atoms with Gasteiger partial charge in [0.25, 0.3) is 5.91 Å². The number of carbonyl (C=O) groups is 2. The van der Waals surface area contributed by atoms with Gasteiger partial charge in [-0.15, -0.1) is 0 Å². The molecule has 0 spiro atoms. The van der Waals surface area contributed by atoms with Crippen LogP contribution in [0.15, 0.2) is 18.2 Å². The highest BCUT2D eigenvalue weighted by Crippen LogP contribution is 2.18. The lowest BCUT2D eigenvalue weighted by Gasteiger charge is -2.22. The molecule has 2 rings (SSSR count). The number of carbonyl (C=O) groups excluding carboxylic acids is 2. The summed E-state index contributed by atoms with van der Waals surface area (Å²) in [5.41, 5.74) is 2.04. The van der Waals surface area contributed by atoms with Gasteiger partial charge in [0, 0.05) is 37.6 Å². The Morgan fingerprint density at radius 2 is 2.24 bits per heavy atom. The van der Waals surface area contributed by atoms with Crippen LogP contribution in [0.4, 0.5) is 5.69 Å². The first-order valence-electron chi connectivity index (χ1n) is 7.04. The molecule has 1 saturated heterocycles. The Labute approximate surface area is 129 Å². The van der Waals surface area contributed by atoms with Crippen LogP contribution in [0.3, 0.4) is 0 Å². The van der Waals surface area contributed by atoms with Crippen molar-refractivity contribution in [2.75, 3.05) is 30.4 Å². The van der Waals surface area contributed by atoms with Gasteiger partial charge in [0.15, 0.2) is 0 Å². The molecule has 1 fully saturated rings. The van der Waals surface area contributed by atoms with Crippen molar-refractivity contribution in [1.29, 1.82) is 0 Å². The monoisotopic (exact) mass is 307 g/mol. The summed E-state index contributed by atoms with van der Waals surface area (Å²) in [5.74, 6) is 1.78. The Bertz CT molecular complexity index is 528. The van der Waals surface area contributed by atoms with Crippen molar-refractivity contribution in [1.82, 2.24) is 10.6 Å². The van der Waals surface area contributed by atoms with E-state index >= 15 is 0 Å². The SMILES string of the molecule is CNC(=O)c1cc(C)ccc1NC(=O)CC1CSCCN1. The maximum Gasteiger partial charge on any atom is 0.253 e. The lowest BCUT2D eigenvalue weighted by atomic mass is 10.1. The zero-order valence-corrected chi connectivity index (χ0v) is 13.2. The van der Waals surface area contributed by atoms with Crippen LogP contribution in [0.25, 0.3) is 0 Å². The van der Waals surface area contributed by atoms with Gasteiger partial charge in [-0.05, 0) is 19.1 Å². The van der Waals surface area contributed by atoms with Crippen LogP contribution in [-0.4, -0.2) is 43.0 Å². The predicted octanol–water partition coefficient (Wildman–Crippen LogP) is 1.39. The first-order valence-corrected chi connectivity index (χ1v) is 8.19. The molecule has 0 aromatic heterocycles. The largest absolute Gasteiger partial charge is 0.355 e. The summed E-state index contributed by atoms with van der Waals surface area (Å²) in [4.78, 5) is 24.0. The smallest absolute Gasteiger partial charge is 0.253 e. The minimum absolute atomic E-state index is 0.0657. The van der Waals surface area contributed by atoms with E-state index < -0.39 is 0 Å². The third kappa shape index (κ3) is 4.47. The molecule has 0 saturated carbocycles. The van der Waals surface area contributed by atoms with Gasteiger partial charge < -0.3 is 16.0 Å². The number of thioether (sulfide) groups is 1. The second kappa shape index (κ2) is 7.47. The number of hydrogen-bond donors (Lipinski definition) is 3. The predicted molar refractivity (Wildman–Crippen MR) is 86.9 cm³/mol. The van der Waals surface area contributed by atoms with Crippen molar-refractivity contribution in [3.8, 4) is 0 Å². The summed E-state index contributed by atoms with van der Waals surface area (Å²) in [6, 6.07) is 5.65. The number of nitrogens with one attached hydrogen (secondary N) is 3. The van der Waals surface area contributed by atoms with Gasteiger partial charge in [0.2, 0.25) is 5.91 Å². The maximum absolute atomic E-state index is 12.1. The van der Waals surface area contributed by atoms with Crippen molar-refractivity contribution in [3.63, 3.8) is 0 Å². The van der Waals surface area contributed by atoms with Crippen LogP contribution in [0.1, 0.15) is 22.3 Å². The van der Waals surface area contributed by atoms with Crippen LogP contribution < -0.4 is 16.0 Å². The maximum atomic E-state index is 12.1. The molecule has 0 aliphatic carbocycles. The van der Waals surface area contributed by atoms with Crippen LogP contribution in [0.2, 0.25) is 0 Å².